The van der Waals surface area contributed by atoms with Crippen LogP contribution in [0, 0.1) is 17.0 Å². The lowest BCUT2D eigenvalue weighted by atomic mass is 9.89. The molecule has 0 spiro atoms. The number of nitro benzene ring substituents is 1. The van der Waals surface area contributed by atoms with Gasteiger partial charge in [0.2, 0.25) is 0 Å². The highest BCUT2D eigenvalue weighted by molar-refractivity contribution is 5.57. The third-order valence-electron chi connectivity index (χ3n) is 3.22. The van der Waals surface area contributed by atoms with Crippen molar-refractivity contribution in [2.45, 2.75) is 31.9 Å². The fourth-order valence-electron chi connectivity index (χ4n) is 1.97. The minimum atomic E-state index is -0.372. The summed E-state index contributed by atoms with van der Waals surface area (Å²) in [5.74, 6) is 0. The number of hydrogen-bond donors (Lipinski definition) is 1. The molecule has 0 amide bonds. The Bertz CT molecular complexity index is 428. The first kappa shape index (κ1) is 11.9. The zero-order valence-corrected chi connectivity index (χ0v) is 9.97. The smallest absolute Gasteiger partial charge is 0.271 e. The van der Waals surface area contributed by atoms with E-state index in [4.69, 9.17) is 4.74 Å². The van der Waals surface area contributed by atoms with Crippen LogP contribution >= 0.6 is 0 Å². The first-order chi connectivity index (χ1) is 8.10. The van der Waals surface area contributed by atoms with Crippen molar-refractivity contribution < 1.29 is 9.66 Å². The number of benzene rings is 1. The van der Waals surface area contributed by atoms with Gasteiger partial charge in [-0.15, -0.1) is 0 Å². The highest BCUT2D eigenvalue weighted by atomic mass is 16.6. The summed E-state index contributed by atoms with van der Waals surface area (Å²) in [6.45, 7) is 1.94. The van der Waals surface area contributed by atoms with Crippen LogP contribution in [0.4, 0.5) is 11.4 Å². The van der Waals surface area contributed by atoms with Gasteiger partial charge >= 0.3 is 0 Å². The van der Waals surface area contributed by atoms with E-state index in [0.717, 1.165) is 24.1 Å². The molecule has 5 heteroatoms. The van der Waals surface area contributed by atoms with E-state index >= 15 is 0 Å². The highest BCUT2D eigenvalue weighted by Gasteiger charge is 2.29. The second-order valence-corrected chi connectivity index (χ2v) is 4.43. The molecule has 17 heavy (non-hydrogen) atoms. The number of nitrogens with one attached hydrogen (secondary N) is 1. The van der Waals surface area contributed by atoms with Crippen LogP contribution in [0.3, 0.4) is 0 Å². The molecule has 1 fully saturated rings. The van der Waals surface area contributed by atoms with Gasteiger partial charge in [0.25, 0.3) is 5.69 Å². The Hall–Kier alpha value is -1.62. The summed E-state index contributed by atoms with van der Waals surface area (Å²) in [7, 11) is 1.71. The van der Waals surface area contributed by atoms with Gasteiger partial charge < -0.3 is 10.1 Å². The molecule has 0 aromatic heterocycles. The molecule has 2 rings (SSSR count). The number of methoxy groups -OCH3 is 1. The lowest BCUT2D eigenvalue weighted by Gasteiger charge is -2.35. The maximum absolute atomic E-state index is 10.7. The van der Waals surface area contributed by atoms with Crippen LogP contribution in [0.15, 0.2) is 18.2 Å². The van der Waals surface area contributed by atoms with Crippen LogP contribution < -0.4 is 5.32 Å². The average molecular weight is 236 g/mol. The minimum Gasteiger partial charge on any atom is -0.382 e. The SMILES string of the molecule is COC1CC(Nc2cc([N+](=O)[O-])ccc2C)C1. The molecule has 0 atom stereocenters. The summed E-state index contributed by atoms with van der Waals surface area (Å²) < 4.78 is 5.20. The van der Waals surface area contributed by atoms with Gasteiger partial charge in [-0.25, -0.2) is 0 Å². The third kappa shape index (κ3) is 2.55. The first-order valence-electron chi connectivity index (χ1n) is 5.64. The van der Waals surface area contributed by atoms with Crippen molar-refractivity contribution in [2.24, 2.45) is 0 Å². The number of anilines is 1. The van der Waals surface area contributed by atoms with E-state index in [1.807, 2.05) is 6.92 Å². The number of nitrogens with zero attached hydrogens (tertiary/aromatic N) is 1. The number of nitro groups is 1. The van der Waals surface area contributed by atoms with Crippen molar-refractivity contribution in [3.05, 3.63) is 33.9 Å². The molecule has 1 aliphatic rings. The maximum atomic E-state index is 10.7. The van der Waals surface area contributed by atoms with Gasteiger partial charge in [0.1, 0.15) is 0 Å². The number of rotatable bonds is 4. The van der Waals surface area contributed by atoms with Crippen LogP contribution in [0.2, 0.25) is 0 Å². The Morgan fingerprint density at radius 1 is 1.47 bits per heavy atom. The number of non-ortho nitro benzene ring substituents is 1. The molecule has 5 nitrogen and oxygen atoms in total. The zero-order chi connectivity index (χ0) is 12.4. The zero-order valence-electron chi connectivity index (χ0n) is 9.97. The highest BCUT2D eigenvalue weighted by Crippen LogP contribution is 2.29. The molecule has 1 saturated carbocycles. The lowest BCUT2D eigenvalue weighted by Crippen LogP contribution is -2.40. The molecule has 0 bridgehead atoms. The molecular weight excluding hydrogens is 220 g/mol. The van der Waals surface area contributed by atoms with Gasteiger partial charge in [-0.3, -0.25) is 10.1 Å². The van der Waals surface area contributed by atoms with Crippen LogP contribution in [-0.2, 0) is 4.74 Å². The van der Waals surface area contributed by atoms with Gasteiger partial charge in [-0.2, -0.15) is 0 Å². The Morgan fingerprint density at radius 3 is 2.76 bits per heavy atom. The van der Waals surface area contributed by atoms with Crippen molar-refractivity contribution in [2.75, 3.05) is 12.4 Å². The average Bonchev–Trinajstić information content (AvgIpc) is 2.24. The fraction of sp³-hybridized carbons (Fsp3) is 0.500. The van der Waals surface area contributed by atoms with E-state index in [9.17, 15) is 10.1 Å². The van der Waals surface area contributed by atoms with Crippen molar-refractivity contribution in [3.8, 4) is 0 Å². The van der Waals surface area contributed by atoms with E-state index in [0.29, 0.717) is 12.1 Å². The van der Waals surface area contributed by atoms with Crippen molar-refractivity contribution in [1.29, 1.82) is 0 Å². The van der Waals surface area contributed by atoms with Gasteiger partial charge in [-0.1, -0.05) is 6.07 Å². The van der Waals surface area contributed by atoms with E-state index in [2.05, 4.69) is 5.32 Å². The molecule has 0 heterocycles. The van der Waals surface area contributed by atoms with Gasteiger partial charge in [0, 0.05) is 31.0 Å². The second-order valence-electron chi connectivity index (χ2n) is 4.43. The quantitative estimate of drug-likeness (QED) is 0.644. The van der Waals surface area contributed by atoms with Gasteiger partial charge in [-0.05, 0) is 25.3 Å². The Kier molecular flexibility index (Phi) is 3.28. The largest absolute Gasteiger partial charge is 0.382 e. The van der Waals surface area contributed by atoms with E-state index in [1.54, 1.807) is 19.2 Å². The summed E-state index contributed by atoms with van der Waals surface area (Å²) >= 11 is 0. The minimum absolute atomic E-state index is 0.126. The summed E-state index contributed by atoms with van der Waals surface area (Å²) in [5.41, 5.74) is 2.00. The molecule has 0 radical (unpaired) electrons. The van der Waals surface area contributed by atoms with Crippen LogP contribution in [-0.4, -0.2) is 24.2 Å². The summed E-state index contributed by atoms with van der Waals surface area (Å²) in [6, 6.07) is 5.25. The second kappa shape index (κ2) is 4.71. The number of hydrogen-bond acceptors (Lipinski definition) is 4. The predicted molar refractivity (Wildman–Crippen MR) is 65.3 cm³/mol. The van der Waals surface area contributed by atoms with Crippen molar-refractivity contribution >= 4 is 11.4 Å². The van der Waals surface area contributed by atoms with E-state index < -0.39 is 0 Å². The molecular formula is C12H16N2O3. The van der Waals surface area contributed by atoms with Crippen molar-refractivity contribution in [1.82, 2.24) is 0 Å². The summed E-state index contributed by atoms with van der Waals surface area (Å²) in [6.07, 6.45) is 2.24. The van der Waals surface area contributed by atoms with E-state index in [-0.39, 0.29) is 10.6 Å². The maximum Gasteiger partial charge on any atom is 0.271 e. The van der Waals surface area contributed by atoms with Crippen LogP contribution in [0.25, 0.3) is 0 Å². The monoisotopic (exact) mass is 236 g/mol. The normalized spacial score (nSPS) is 22.9. The van der Waals surface area contributed by atoms with Gasteiger partial charge in [0.15, 0.2) is 0 Å². The molecule has 1 aromatic rings. The topological polar surface area (TPSA) is 64.4 Å². The molecule has 0 saturated heterocycles. The van der Waals surface area contributed by atoms with E-state index in [1.165, 1.54) is 6.07 Å². The molecule has 92 valence electrons. The summed E-state index contributed by atoms with van der Waals surface area (Å²) in [5, 5.41) is 14.0. The third-order valence-corrected chi connectivity index (χ3v) is 3.22. The lowest BCUT2D eigenvalue weighted by molar-refractivity contribution is -0.384. The Morgan fingerprint density at radius 2 is 2.18 bits per heavy atom. The Labute approximate surface area is 99.9 Å². The van der Waals surface area contributed by atoms with Crippen LogP contribution in [0.5, 0.6) is 0 Å². The fourth-order valence-corrected chi connectivity index (χ4v) is 1.97. The molecule has 1 aromatic carbocycles. The predicted octanol–water partition coefficient (Wildman–Crippen LogP) is 2.49. The molecule has 1 aliphatic carbocycles. The standard InChI is InChI=1S/C12H16N2O3/c1-8-3-4-10(14(15)16)7-12(8)13-9-5-11(6-9)17-2/h3-4,7,9,11,13H,5-6H2,1-2H3. The number of aryl methyl sites for hydroxylation is 1. The summed E-state index contributed by atoms with van der Waals surface area (Å²) in [4.78, 5) is 10.3. The number of ether oxygens (including phenoxy) is 1. The van der Waals surface area contributed by atoms with Crippen molar-refractivity contribution in [3.63, 3.8) is 0 Å². The first-order valence-corrected chi connectivity index (χ1v) is 5.64. The molecule has 1 N–H and O–H groups in total. The van der Waals surface area contributed by atoms with Crippen LogP contribution in [0.1, 0.15) is 18.4 Å². The Balaban J connectivity index is 2.05. The molecule has 0 aliphatic heterocycles. The van der Waals surface area contributed by atoms with Gasteiger partial charge in [0.05, 0.1) is 11.0 Å². The molecule has 0 unspecified atom stereocenters.